The van der Waals surface area contributed by atoms with Gasteiger partial charge in [-0.15, -0.1) is 45.3 Å². The number of benzene rings is 2. The van der Waals surface area contributed by atoms with Crippen LogP contribution in [0.2, 0.25) is 0 Å². The van der Waals surface area contributed by atoms with Crippen LogP contribution in [0.15, 0.2) is 77.7 Å². The van der Waals surface area contributed by atoms with Crippen LogP contribution in [0.3, 0.4) is 0 Å². The van der Waals surface area contributed by atoms with Crippen molar-refractivity contribution in [3.63, 3.8) is 0 Å². The highest BCUT2D eigenvalue weighted by Gasteiger charge is 2.47. The number of fused-ring (bicyclic) bond motifs is 10. The number of halogens is 4. The van der Waals surface area contributed by atoms with Crippen LogP contribution < -0.4 is 32.4 Å². The lowest BCUT2D eigenvalue weighted by Crippen LogP contribution is -2.31. The minimum atomic E-state index is -1.19. The Kier molecular flexibility index (Phi) is 8.86. The molecule has 8 aromatic rings. The first kappa shape index (κ1) is 37.9. The van der Waals surface area contributed by atoms with Gasteiger partial charge in [0.25, 0.3) is 0 Å². The molecular weight excluding hydrogens is 849 g/mol. The van der Waals surface area contributed by atoms with Crippen molar-refractivity contribution in [1.82, 2.24) is 0 Å². The first-order chi connectivity index (χ1) is 29.0. The third-order valence-corrected chi connectivity index (χ3v) is 17.4. The van der Waals surface area contributed by atoms with Gasteiger partial charge in [0, 0.05) is 56.2 Å². The van der Waals surface area contributed by atoms with Gasteiger partial charge in [-0.3, -0.25) is 19.2 Å². The zero-order valence-corrected chi connectivity index (χ0v) is 34.8. The lowest BCUT2D eigenvalue weighted by atomic mass is 9.68. The highest BCUT2D eigenvalue weighted by atomic mass is 32.1. The Morgan fingerprint density at radius 3 is 1.18 bits per heavy atom. The zero-order chi connectivity index (χ0) is 41.2. The molecule has 4 aromatic carbocycles. The summed E-state index contributed by atoms with van der Waals surface area (Å²) in [5.74, 6) is -4.76. The van der Waals surface area contributed by atoms with E-state index in [1.807, 2.05) is 12.1 Å². The molecule has 11 rings (SSSR count). The number of hydrogen-bond donors (Lipinski definition) is 0. The smallest absolute Gasteiger partial charge is 0.216 e. The second kappa shape index (κ2) is 14.0. The number of aryl methyl sites for hydroxylation is 2. The first-order valence-corrected chi connectivity index (χ1v) is 23.1. The van der Waals surface area contributed by atoms with E-state index in [1.165, 1.54) is 50.0 Å². The van der Waals surface area contributed by atoms with E-state index in [9.17, 15) is 36.7 Å². The summed E-state index contributed by atoms with van der Waals surface area (Å²) in [7, 11) is 0. The fourth-order valence-electron chi connectivity index (χ4n) is 9.59. The van der Waals surface area contributed by atoms with Gasteiger partial charge in [-0.25, -0.2) is 27.5 Å². The van der Waals surface area contributed by atoms with Crippen LogP contribution in [-0.2, 0) is 18.3 Å². The predicted octanol–water partition coefficient (Wildman–Crippen LogP) is 10.7. The normalized spacial score (nSPS) is 16.0. The van der Waals surface area contributed by atoms with Crippen molar-refractivity contribution < 1.29 is 17.6 Å². The maximum atomic E-state index is 14.1. The lowest BCUT2D eigenvalue weighted by molar-refractivity contribution is 0.354. The van der Waals surface area contributed by atoms with Crippen LogP contribution in [-0.4, -0.2) is 0 Å². The van der Waals surface area contributed by atoms with Crippen LogP contribution in [0.4, 0.5) is 27.6 Å². The Bertz CT molecular complexity index is 3140. The molecule has 6 nitrogen and oxygen atoms in total. The molecule has 1 spiro atoms. The van der Waals surface area contributed by atoms with E-state index < -0.39 is 45.0 Å². The molecule has 1 aliphatic heterocycles. The second-order valence-corrected chi connectivity index (χ2v) is 20.2. The quantitative estimate of drug-likeness (QED) is 0.162. The highest BCUT2D eigenvalue weighted by Crippen LogP contribution is 2.63. The number of hydrogen-bond acceptors (Lipinski definition) is 10. The van der Waals surface area contributed by atoms with Crippen LogP contribution >= 0.6 is 45.3 Å². The Morgan fingerprint density at radius 1 is 0.433 bits per heavy atom. The van der Waals surface area contributed by atoms with Gasteiger partial charge in [-0.05, 0) is 109 Å². The van der Waals surface area contributed by atoms with Gasteiger partial charge in [-0.2, -0.15) is 0 Å². The van der Waals surface area contributed by atoms with Gasteiger partial charge in [0.2, 0.25) is 21.7 Å². The molecule has 0 saturated heterocycles. The van der Waals surface area contributed by atoms with Crippen LogP contribution in [0.5, 0.6) is 0 Å². The van der Waals surface area contributed by atoms with Crippen LogP contribution in [0.25, 0.3) is 50.8 Å². The molecule has 4 bridgehead atoms. The van der Waals surface area contributed by atoms with Crippen molar-refractivity contribution >= 4 is 76.9 Å². The molecule has 60 heavy (non-hydrogen) atoms. The fourth-order valence-corrected chi connectivity index (χ4v) is 14.7. The fraction of sp³-hybridized carbons (Fsp3) is 0.261. The lowest BCUT2D eigenvalue weighted by Gasteiger charge is -2.34. The van der Waals surface area contributed by atoms with E-state index >= 15 is 0 Å². The van der Waals surface area contributed by atoms with E-state index in [-0.39, 0.29) is 37.7 Å². The largest absolute Gasteiger partial charge is 0.287 e. The van der Waals surface area contributed by atoms with E-state index in [4.69, 9.17) is 0 Å². The standard InChI is InChI=1S/C46H30F4N2O4S4/c47-28-14-22-23(15-29(28)48)39(54)36(38(22)53)51-34-12-20-8-4-1-2-5-9-21-13-35(52-37-40(55)24-16-30(49)31(50)17-25(24)41(37)56)60-43(21)33-19-27-45(58-33)44-26(18-32(57-44)42(20)59-34)46(27)10-6-3-7-11-46/h12-19H,1-11H2. The van der Waals surface area contributed by atoms with Crippen molar-refractivity contribution in [3.8, 4) is 29.3 Å². The summed E-state index contributed by atoms with van der Waals surface area (Å²) in [6.45, 7) is 0. The first-order valence-electron chi connectivity index (χ1n) is 19.9. The number of thiophene rings is 4. The van der Waals surface area contributed by atoms with Gasteiger partial charge in [0.15, 0.2) is 34.0 Å². The molecule has 4 aromatic heterocycles. The summed E-state index contributed by atoms with van der Waals surface area (Å²) < 4.78 is 56.3. The zero-order valence-electron chi connectivity index (χ0n) is 31.6. The topological polar surface area (TPSA) is 93.0 Å². The van der Waals surface area contributed by atoms with Crippen molar-refractivity contribution in [3.05, 3.63) is 146 Å². The van der Waals surface area contributed by atoms with Gasteiger partial charge in [0.1, 0.15) is 10.0 Å². The summed E-state index contributed by atoms with van der Waals surface area (Å²) in [5, 5.41) is -0.381. The van der Waals surface area contributed by atoms with Crippen molar-refractivity contribution in [1.29, 1.82) is 0 Å². The average molecular weight is 879 g/mol. The maximum absolute atomic E-state index is 14.1. The minimum Gasteiger partial charge on any atom is -0.287 e. The summed E-state index contributed by atoms with van der Waals surface area (Å²) in [6, 6.07) is 11.7. The number of rotatable bonds is 2. The molecule has 300 valence electrons. The molecular formula is C46H30F4N2O4S4. The van der Waals surface area contributed by atoms with Crippen molar-refractivity contribution in [2.45, 2.75) is 76.0 Å². The Morgan fingerprint density at radius 2 is 0.800 bits per heavy atom. The van der Waals surface area contributed by atoms with Crippen molar-refractivity contribution in [2.24, 2.45) is 9.98 Å². The van der Waals surface area contributed by atoms with E-state index in [0.29, 0.717) is 10.0 Å². The van der Waals surface area contributed by atoms with Crippen molar-refractivity contribution in [2.75, 3.05) is 0 Å². The molecule has 0 amide bonds. The molecule has 14 heteroatoms. The molecule has 3 aliphatic rings. The Labute approximate surface area is 353 Å². The molecule has 0 unspecified atom stereocenters. The molecule has 1 saturated carbocycles. The maximum Gasteiger partial charge on any atom is 0.216 e. The van der Waals surface area contributed by atoms with E-state index in [2.05, 4.69) is 22.1 Å². The van der Waals surface area contributed by atoms with Crippen LogP contribution in [0.1, 0.15) is 80.0 Å². The SMILES string of the molecule is O=c1c(=Nc2cc3c(s2)-c2cc4c(s2)-c2sc(cc2C42CCCCC2)-c2sc(N=c4c(=O)c5cc(F)c(F)cc5c4=O)cc2CCCCCC3)c(=O)c2cc(F)c(F)cc12. The molecule has 5 heterocycles. The summed E-state index contributed by atoms with van der Waals surface area (Å²) in [5.41, 5.74) is 1.83. The summed E-state index contributed by atoms with van der Waals surface area (Å²) in [6.07, 6.45) is 10.5. The second-order valence-electron chi connectivity index (χ2n) is 16.0. The summed E-state index contributed by atoms with van der Waals surface area (Å²) >= 11 is 6.35. The third-order valence-electron chi connectivity index (χ3n) is 12.5. The molecule has 2 aliphatic carbocycles. The Balaban J connectivity index is 1.05. The third kappa shape index (κ3) is 5.74. The Hall–Kier alpha value is -5.02. The van der Waals surface area contributed by atoms with Crippen LogP contribution in [0, 0.1) is 23.3 Å². The molecule has 0 N–H and O–H groups in total. The summed E-state index contributed by atoms with van der Waals surface area (Å²) in [4.78, 5) is 68.9. The molecule has 0 radical (unpaired) electrons. The van der Waals surface area contributed by atoms with Gasteiger partial charge >= 0.3 is 0 Å². The average Bonchev–Trinajstić information content (AvgIpc) is 4.10. The monoisotopic (exact) mass is 878 g/mol. The number of nitrogens with zero attached hydrogens (tertiary/aromatic N) is 2. The van der Waals surface area contributed by atoms with E-state index in [0.717, 1.165) is 119 Å². The molecule has 1 fully saturated rings. The van der Waals surface area contributed by atoms with Gasteiger partial charge in [0.05, 0.1) is 0 Å². The van der Waals surface area contributed by atoms with Gasteiger partial charge in [-0.1, -0.05) is 32.1 Å². The predicted molar refractivity (Wildman–Crippen MR) is 232 cm³/mol. The molecule has 0 atom stereocenters. The highest BCUT2D eigenvalue weighted by molar-refractivity contribution is 7.30. The van der Waals surface area contributed by atoms with E-state index in [1.54, 1.807) is 22.7 Å². The minimum absolute atomic E-state index is 0.153. The van der Waals surface area contributed by atoms with Gasteiger partial charge < -0.3 is 0 Å².